The number of rotatable bonds is 3. The van der Waals surface area contributed by atoms with Gasteiger partial charge in [-0.3, -0.25) is 0 Å². The summed E-state index contributed by atoms with van der Waals surface area (Å²) in [5.41, 5.74) is 1.15. The Morgan fingerprint density at radius 1 is 1.47 bits per heavy atom. The van der Waals surface area contributed by atoms with Gasteiger partial charge in [0.15, 0.2) is 0 Å². The van der Waals surface area contributed by atoms with Crippen LogP contribution in [0, 0.1) is 5.82 Å². The molecule has 2 atom stereocenters. The van der Waals surface area contributed by atoms with Gasteiger partial charge in [0.25, 0.3) is 0 Å². The third-order valence-electron chi connectivity index (χ3n) is 3.28. The van der Waals surface area contributed by atoms with E-state index < -0.39 is 0 Å². The summed E-state index contributed by atoms with van der Waals surface area (Å²) in [6.45, 7) is 2.68. The van der Waals surface area contributed by atoms with Crippen molar-refractivity contribution in [3.8, 4) is 5.69 Å². The Kier molecular flexibility index (Phi) is 3.12. The average molecular weight is 263 g/mol. The summed E-state index contributed by atoms with van der Waals surface area (Å²) in [5.74, 6) is -0.295. The van der Waals surface area contributed by atoms with E-state index in [4.69, 9.17) is 4.74 Å². The minimum Gasteiger partial charge on any atom is -0.377 e. The maximum atomic E-state index is 13.8. The summed E-state index contributed by atoms with van der Waals surface area (Å²) in [4.78, 5) is 0. The van der Waals surface area contributed by atoms with E-state index in [-0.39, 0.29) is 18.0 Å². The first kappa shape index (κ1) is 12.0. The summed E-state index contributed by atoms with van der Waals surface area (Å²) in [5, 5.41) is 14.1. The molecule has 1 aliphatic heterocycles. The molecule has 0 aliphatic carbocycles. The maximum absolute atomic E-state index is 13.8. The van der Waals surface area contributed by atoms with Crippen LogP contribution >= 0.6 is 0 Å². The molecule has 1 N–H and O–H groups in total. The van der Waals surface area contributed by atoms with Crippen LogP contribution in [0.5, 0.6) is 0 Å². The first-order chi connectivity index (χ1) is 9.24. The van der Waals surface area contributed by atoms with Crippen molar-refractivity contribution in [2.75, 3.05) is 11.9 Å². The molecule has 6 nitrogen and oxygen atoms in total. The number of ether oxygens (including phenoxy) is 1. The van der Waals surface area contributed by atoms with Crippen molar-refractivity contribution in [1.29, 1.82) is 0 Å². The molecule has 0 bridgehead atoms. The molecule has 2 heterocycles. The van der Waals surface area contributed by atoms with Crippen molar-refractivity contribution in [1.82, 2.24) is 20.2 Å². The van der Waals surface area contributed by atoms with E-state index in [1.165, 1.54) is 17.1 Å². The Morgan fingerprint density at radius 2 is 2.37 bits per heavy atom. The molecule has 2 unspecified atom stereocenters. The number of hydrogen-bond acceptors (Lipinski definition) is 5. The van der Waals surface area contributed by atoms with Crippen molar-refractivity contribution in [3.63, 3.8) is 0 Å². The molecule has 2 aromatic rings. The molecule has 7 heteroatoms. The van der Waals surface area contributed by atoms with Gasteiger partial charge in [0.2, 0.25) is 0 Å². The Bertz CT molecular complexity index is 559. The first-order valence-electron chi connectivity index (χ1n) is 6.15. The van der Waals surface area contributed by atoms with Crippen molar-refractivity contribution in [2.24, 2.45) is 0 Å². The number of anilines is 1. The van der Waals surface area contributed by atoms with Crippen LogP contribution in [0.25, 0.3) is 5.69 Å². The van der Waals surface area contributed by atoms with Gasteiger partial charge in [0.1, 0.15) is 12.1 Å². The zero-order valence-electron chi connectivity index (χ0n) is 10.5. The van der Waals surface area contributed by atoms with Crippen LogP contribution in [-0.4, -0.2) is 39.0 Å². The number of aromatic nitrogens is 4. The highest BCUT2D eigenvalue weighted by Crippen LogP contribution is 2.23. The summed E-state index contributed by atoms with van der Waals surface area (Å²) in [6, 6.07) is 4.85. The molecule has 3 rings (SSSR count). The zero-order chi connectivity index (χ0) is 13.2. The van der Waals surface area contributed by atoms with E-state index in [2.05, 4.69) is 20.8 Å². The SMILES string of the molecule is CC1OCCC1Nc1cc(-n2cnnn2)ccc1F. The molecule has 1 aromatic carbocycles. The number of nitrogens with zero attached hydrogens (tertiary/aromatic N) is 4. The Balaban J connectivity index is 1.86. The topological polar surface area (TPSA) is 64.9 Å². The van der Waals surface area contributed by atoms with Crippen LogP contribution in [0.15, 0.2) is 24.5 Å². The van der Waals surface area contributed by atoms with Gasteiger partial charge in [-0.05, 0) is 42.0 Å². The van der Waals surface area contributed by atoms with Crippen LogP contribution in [0.4, 0.5) is 10.1 Å². The lowest BCUT2D eigenvalue weighted by Crippen LogP contribution is -2.27. The summed E-state index contributed by atoms with van der Waals surface area (Å²) >= 11 is 0. The lowest BCUT2D eigenvalue weighted by atomic mass is 10.1. The second kappa shape index (κ2) is 4.93. The lowest BCUT2D eigenvalue weighted by molar-refractivity contribution is 0.121. The monoisotopic (exact) mass is 263 g/mol. The molecule has 0 radical (unpaired) electrons. The average Bonchev–Trinajstić information content (AvgIpc) is 3.05. The normalized spacial score (nSPS) is 22.6. The third kappa shape index (κ3) is 2.41. The fourth-order valence-corrected chi connectivity index (χ4v) is 2.17. The van der Waals surface area contributed by atoms with E-state index in [0.717, 1.165) is 6.42 Å². The smallest absolute Gasteiger partial charge is 0.146 e. The quantitative estimate of drug-likeness (QED) is 0.906. The van der Waals surface area contributed by atoms with Crippen molar-refractivity contribution < 1.29 is 9.13 Å². The van der Waals surface area contributed by atoms with E-state index in [9.17, 15) is 4.39 Å². The van der Waals surface area contributed by atoms with Crippen LogP contribution in [0.2, 0.25) is 0 Å². The van der Waals surface area contributed by atoms with Crippen LogP contribution in [0.1, 0.15) is 13.3 Å². The molecule has 1 aliphatic rings. The number of hydrogen-bond donors (Lipinski definition) is 1. The van der Waals surface area contributed by atoms with Gasteiger partial charge < -0.3 is 10.1 Å². The molecule has 0 spiro atoms. The number of benzene rings is 1. The van der Waals surface area contributed by atoms with Gasteiger partial charge in [0, 0.05) is 6.61 Å². The summed E-state index contributed by atoms with van der Waals surface area (Å²) in [7, 11) is 0. The summed E-state index contributed by atoms with van der Waals surface area (Å²) in [6.07, 6.45) is 2.42. The Hall–Kier alpha value is -2.02. The van der Waals surface area contributed by atoms with Gasteiger partial charge in [-0.25, -0.2) is 9.07 Å². The number of halogens is 1. The van der Waals surface area contributed by atoms with Gasteiger partial charge >= 0.3 is 0 Å². The van der Waals surface area contributed by atoms with Gasteiger partial charge in [-0.2, -0.15) is 0 Å². The minimum absolute atomic E-state index is 0.0797. The van der Waals surface area contributed by atoms with Crippen LogP contribution in [0.3, 0.4) is 0 Å². The molecular formula is C12H14FN5O. The van der Waals surface area contributed by atoms with E-state index >= 15 is 0 Å². The largest absolute Gasteiger partial charge is 0.377 e. The fourth-order valence-electron chi connectivity index (χ4n) is 2.17. The molecule has 1 fully saturated rings. The highest BCUT2D eigenvalue weighted by atomic mass is 19.1. The predicted octanol–water partition coefficient (Wildman–Crippen LogP) is 1.39. The second-order valence-electron chi connectivity index (χ2n) is 4.53. The zero-order valence-corrected chi connectivity index (χ0v) is 10.5. The highest BCUT2D eigenvalue weighted by molar-refractivity contribution is 5.52. The van der Waals surface area contributed by atoms with E-state index in [1.807, 2.05) is 6.92 Å². The first-order valence-corrected chi connectivity index (χ1v) is 6.15. The number of tetrazole rings is 1. The third-order valence-corrected chi connectivity index (χ3v) is 3.28. The highest BCUT2D eigenvalue weighted by Gasteiger charge is 2.24. The fraction of sp³-hybridized carbons (Fsp3) is 0.417. The standard InChI is InChI=1S/C12H14FN5O/c1-8-11(4-5-19-8)15-12-6-9(2-3-10(12)13)18-7-14-16-17-18/h2-3,6-8,11,15H,4-5H2,1H3. The Morgan fingerprint density at radius 3 is 3.05 bits per heavy atom. The molecule has 19 heavy (non-hydrogen) atoms. The lowest BCUT2D eigenvalue weighted by Gasteiger charge is -2.18. The Labute approximate surface area is 109 Å². The van der Waals surface area contributed by atoms with Gasteiger partial charge in [-0.15, -0.1) is 5.10 Å². The van der Waals surface area contributed by atoms with Crippen molar-refractivity contribution >= 4 is 5.69 Å². The van der Waals surface area contributed by atoms with Gasteiger partial charge in [0.05, 0.1) is 23.5 Å². The van der Waals surface area contributed by atoms with Crippen molar-refractivity contribution in [2.45, 2.75) is 25.5 Å². The van der Waals surface area contributed by atoms with E-state index in [0.29, 0.717) is 18.0 Å². The second-order valence-corrected chi connectivity index (χ2v) is 4.53. The molecule has 0 saturated carbocycles. The molecule has 0 amide bonds. The molecule has 100 valence electrons. The minimum atomic E-state index is -0.295. The molecule has 1 saturated heterocycles. The van der Waals surface area contributed by atoms with Crippen LogP contribution < -0.4 is 5.32 Å². The summed E-state index contributed by atoms with van der Waals surface area (Å²) < 4.78 is 20.8. The molecule has 1 aromatic heterocycles. The molecular weight excluding hydrogens is 249 g/mol. The number of nitrogens with one attached hydrogen (secondary N) is 1. The maximum Gasteiger partial charge on any atom is 0.146 e. The predicted molar refractivity (Wildman–Crippen MR) is 66.6 cm³/mol. The van der Waals surface area contributed by atoms with Crippen molar-refractivity contribution in [3.05, 3.63) is 30.3 Å². The van der Waals surface area contributed by atoms with E-state index in [1.54, 1.807) is 12.1 Å². The van der Waals surface area contributed by atoms with Gasteiger partial charge in [-0.1, -0.05) is 0 Å². The van der Waals surface area contributed by atoms with Crippen LogP contribution in [-0.2, 0) is 4.74 Å².